The number of thioether (sulfide) groups is 1. The van der Waals surface area contributed by atoms with Crippen molar-refractivity contribution in [1.82, 2.24) is 0 Å². The van der Waals surface area contributed by atoms with Gasteiger partial charge in [-0.05, 0) is 24.3 Å². The van der Waals surface area contributed by atoms with Crippen molar-refractivity contribution in [3.05, 3.63) is 28.5 Å². The fourth-order valence-electron chi connectivity index (χ4n) is 1.31. The van der Waals surface area contributed by atoms with Crippen LogP contribution >= 0.6 is 23.4 Å². The lowest BCUT2D eigenvalue weighted by Crippen LogP contribution is -2.09. The molecule has 1 aromatic rings. The molecule has 0 fully saturated rings. The van der Waals surface area contributed by atoms with Gasteiger partial charge in [-0.25, -0.2) is 4.39 Å². The summed E-state index contributed by atoms with van der Waals surface area (Å²) in [6.07, 6.45) is 0.933. The lowest BCUT2D eigenvalue weighted by molar-refractivity contribution is 0.122. The molecule has 1 atom stereocenters. The summed E-state index contributed by atoms with van der Waals surface area (Å²) in [5.74, 6) is -0.467. The number of hydrogen-bond acceptors (Lipinski definition) is 2. The van der Waals surface area contributed by atoms with E-state index in [-0.39, 0.29) is 16.5 Å². The SMILES string of the molecule is CSc1ccc(Cl)c(C(O)C(C)C)c1F. The Hall–Kier alpha value is -0.250. The molecule has 1 rings (SSSR count). The molecule has 0 spiro atoms. The van der Waals surface area contributed by atoms with Gasteiger partial charge in [-0.3, -0.25) is 0 Å². The number of rotatable bonds is 3. The molecule has 0 bridgehead atoms. The summed E-state index contributed by atoms with van der Waals surface area (Å²) in [4.78, 5) is 0.508. The quantitative estimate of drug-likeness (QED) is 0.819. The molecule has 1 aromatic carbocycles. The molecule has 4 heteroatoms. The second-order valence-electron chi connectivity index (χ2n) is 3.67. The Labute approximate surface area is 98.6 Å². The van der Waals surface area contributed by atoms with Crippen LogP contribution in [0.1, 0.15) is 25.5 Å². The summed E-state index contributed by atoms with van der Waals surface area (Å²) < 4.78 is 13.9. The van der Waals surface area contributed by atoms with Crippen LogP contribution in [0.4, 0.5) is 4.39 Å². The molecular formula is C11H14ClFOS. The monoisotopic (exact) mass is 248 g/mol. The molecule has 0 aromatic heterocycles. The molecule has 1 nitrogen and oxygen atoms in total. The lowest BCUT2D eigenvalue weighted by atomic mass is 9.99. The lowest BCUT2D eigenvalue weighted by Gasteiger charge is -2.18. The van der Waals surface area contributed by atoms with E-state index in [1.807, 2.05) is 13.8 Å². The van der Waals surface area contributed by atoms with Gasteiger partial charge in [0.15, 0.2) is 0 Å². The summed E-state index contributed by atoms with van der Waals surface area (Å²) in [7, 11) is 0. The van der Waals surface area contributed by atoms with Crippen molar-refractivity contribution in [2.45, 2.75) is 24.8 Å². The zero-order valence-electron chi connectivity index (χ0n) is 8.92. The van der Waals surface area contributed by atoms with Crippen LogP contribution in [-0.4, -0.2) is 11.4 Å². The predicted octanol–water partition coefficient (Wildman–Crippen LogP) is 3.89. The van der Waals surface area contributed by atoms with Crippen LogP contribution in [0.2, 0.25) is 5.02 Å². The summed E-state index contributed by atoms with van der Waals surface area (Å²) in [5.41, 5.74) is 0.207. The van der Waals surface area contributed by atoms with Gasteiger partial charge in [-0.2, -0.15) is 0 Å². The molecule has 0 saturated carbocycles. The molecule has 0 radical (unpaired) electrons. The van der Waals surface area contributed by atoms with Crippen LogP contribution in [0.5, 0.6) is 0 Å². The topological polar surface area (TPSA) is 20.2 Å². The Morgan fingerprint density at radius 2 is 2.00 bits per heavy atom. The summed E-state index contributed by atoms with van der Waals surface area (Å²) in [5, 5.41) is 10.1. The van der Waals surface area contributed by atoms with E-state index in [4.69, 9.17) is 11.6 Å². The summed E-state index contributed by atoms with van der Waals surface area (Å²) in [6.45, 7) is 3.65. The third-order valence-electron chi connectivity index (χ3n) is 2.24. The van der Waals surface area contributed by atoms with Gasteiger partial charge in [0.05, 0.1) is 6.10 Å². The highest BCUT2D eigenvalue weighted by Crippen LogP contribution is 2.34. The number of hydrogen-bond donors (Lipinski definition) is 1. The van der Waals surface area contributed by atoms with Crippen molar-refractivity contribution in [1.29, 1.82) is 0 Å². The van der Waals surface area contributed by atoms with Crippen molar-refractivity contribution in [3.63, 3.8) is 0 Å². The number of benzene rings is 1. The second kappa shape index (κ2) is 5.19. The van der Waals surface area contributed by atoms with E-state index in [0.717, 1.165) is 0 Å². The van der Waals surface area contributed by atoms with E-state index in [9.17, 15) is 9.50 Å². The number of aliphatic hydroxyl groups excluding tert-OH is 1. The smallest absolute Gasteiger partial charge is 0.144 e. The van der Waals surface area contributed by atoms with Gasteiger partial charge in [0.2, 0.25) is 0 Å². The normalized spacial score (nSPS) is 13.3. The second-order valence-corrected chi connectivity index (χ2v) is 4.92. The van der Waals surface area contributed by atoms with Gasteiger partial charge >= 0.3 is 0 Å². The largest absolute Gasteiger partial charge is 0.388 e. The van der Waals surface area contributed by atoms with Crippen molar-refractivity contribution < 1.29 is 9.50 Å². The Morgan fingerprint density at radius 1 is 1.40 bits per heavy atom. The minimum absolute atomic E-state index is 0.0610. The Morgan fingerprint density at radius 3 is 2.47 bits per heavy atom. The highest BCUT2D eigenvalue weighted by molar-refractivity contribution is 7.98. The molecule has 15 heavy (non-hydrogen) atoms. The number of aliphatic hydroxyl groups is 1. The fraction of sp³-hybridized carbons (Fsp3) is 0.455. The molecule has 0 amide bonds. The zero-order chi connectivity index (χ0) is 11.6. The molecule has 84 valence electrons. The van der Waals surface area contributed by atoms with Gasteiger partial charge in [-0.15, -0.1) is 11.8 Å². The van der Waals surface area contributed by atoms with Crippen molar-refractivity contribution in [2.24, 2.45) is 5.92 Å². The minimum Gasteiger partial charge on any atom is -0.388 e. The third-order valence-corrected chi connectivity index (χ3v) is 3.32. The van der Waals surface area contributed by atoms with E-state index in [0.29, 0.717) is 4.90 Å². The highest BCUT2D eigenvalue weighted by atomic mass is 35.5. The van der Waals surface area contributed by atoms with Crippen molar-refractivity contribution in [3.8, 4) is 0 Å². The third kappa shape index (κ3) is 2.65. The Balaban J connectivity index is 3.26. The Bertz CT molecular complexity index is 355. The van der Waals surface area contributed by atoms with Crippen LogP contribution < -0.4 is 0 Å². The van der Waals surface area contributed by atoms with Crippen molar-refractivity contribution >= 4 is 23.4 Å². The van der Waals surface area contributed by atoms with Gasteiger partial charge in [0.25, 0.3) is 0 Å². The van der Waals surface area contributed by atoms with Crippen LogP contribution in [-0.2, 0) is 0 Å². The van der Waals surface area contributed by atoms with E-state index in [1.165, 1.54) is 11.8 Å². The van der Waals surface area contributed by atoms with E-state index in [2.05, 4.69) is 0 Å². The Kier molecular flexibility index (Phi) is 4.44. The molecule has 0 heterocycles. The first-order chi connectivity index (χ1) is 6.99. The minimum atomic E-state index is -0.857. The van der Waals surface area contributed by atoms with Crippen LogP contribution in [0.25, 0.3) is 0 Å². The van der Waals surface area contributed by atoms with Crippen LogP contribution in [0.15, 0.2) is 17.0 Å². The number of halogens is 2. The van der Waals surface area contributed by atoms with Gasteiger partial charge in [0, 0.05) is 15.5 Å². The maximum atomic E-state index is 13.9. The molecule has 0 aliphatic rings. The van der Waals surface area contributed by atoms with E-state index >= 15 is 0 Å². The van der Waals surface area contributed by atoms with Gasteiger partial charge < -0.3 is 5.11 Å². The van der Waals surface area contributed by atoms with Crippen LogP contribution in [0.3, 0.4) is 0 Å². The zero-order valence-corrected chi connectivity index (χ0v) is 10.5. The highest BCUT2D eigenvalue weighted by Gasteiger charge is 2.21. The standard InChI is InChI=1S/C11H14ClFOS/c1-6(2)11(14)9-7(12)4-5-8(15-3)10(9)13/h4-6,11,14H,1-3H3. The molecule has 1 N–H and O–H groups in total. The fourth-order valence-corrected chi connectivity index (χ4v) is 2.06. The summed E-state index contributed by atoms with van der Waals surface area (Å²) >= 11 is 7.19. The molecule has 0 saturated heterocycles. The predicted molar refractivity (Wildman–Crippen MR) is 63.0 cm³/mol. The molecule has 1 unspecified atom stereocenters. The first kappa shape index (κ1) is 12.8. The maximum Gasteiger partial charge on any atom is 0.144 e. The molecule has 0 aliphatic heterocycles. The average molecular weight is 249 g/mol. The average Bonchev–Trinajstić information content (AvgIpc) is 2.17. The van der Waals surface area contributed by atoms with E-state index < -0.39 is 11.9 Å². The van der Waals surface area contributed by atoms with Gasteiger partial charge in [0.1, 0.15) is 5.82 Å². The molecular weight excluding hydrogens is 235 g/mol. The van der Waals surface area contributed by atoms with Crippen LogP contribution in [0, 0.1) is 11.7 Å². The molecule has 0 aliphatic carbocycles. The van der Waals surface area contributed by atoms with Crippen molar-refractivity contribution in [2.75, 3.05) is 6.26 Å². The first-order valence-corrected chi connectivity index (χ1v) is 6.29. The van der Waals surface area contributed by atoms with Gasteiger partial charge in [-0.1, -0.05) is 25.4 Å². The summed E-state index contributed by atoms with van der Waals surface area (Å²) in [6, 6.07) is 3.25. The van der Waals surface area contributed by atoms with E-state index in [1.54, 1.807) is 18.4 Å². The first-order valence-electron chi connectivity index (χ1n) is 4.69. The maximum absolute atomic E-state index is 13.9.